The van der Waals surface area contributed by atoms with Gasteiger partial charge in [0.2, 0.25) is 0 Å². The molecule has 0 radical (unpaired) electrons. The molecule has 1 aromatic heterocycles. The number of halogens is 1. The highest BCUT2D eigenvalue weighted by Gasteiger charge is 1.95. The van der Waals surface area contributed by atoms with Gasteiger partial charge in [-0.25, -0.2) is 0 Å². The lowest BCUT2D eigenvalue weighted by Gasteiger charge is -1.86. The van der Waals surface area contributed by atoms with Crippen LogP contribution in [0.2, 0.25) is 0 Å². The second kappa shape index (κ2) is 3.24. The quantitative estimate of drug-likeness (QED) is 0.587. The molecule has 0 fully saturated rings. The van der Waals surface area contributed by atoms with Crippen molar-refractivity contribution in [2.45, 2.75) is 6.92 Å². The van der Waals surface area contributed by atoms with Gasteiger partial charge in [-0.1, -0.05) is 18.2 Å². The smallest absolute Gasteiger partial charge is 0.0345 e. The Bertz CT molecular complexity index is 351. The Kier molecular flexibility index (Phi) is 2.53. The highest BCUT2D eigenvalue weighted by atomic mass is 35.5. The molecule has 0 saturated carbocycles. The third-order valence-corrected chi connectivity index (χ3v) is 2.76. The van der Waals surface area contributed by atoms with Gasteiger partial charge in [0.25, 0.3) is 0 Å². The molecule has 2 heteroatoms. The molecule has 0 saturated heterocycles. The fourth-order valence-electron chi connectivity index (χ4n) is 1.11. The highest BCUT2D eigenvalue weighted by Crippen LogP contribution is 2.24. The number of rotatable bonds is 0. The molecule has 0 amide bonds. The fourth-order valence-corrected chi connectivity index (χ4v) is 2.05. The van der Waals surface area contributed by atoms with Crippen LogP contribution in [0.3, 0.4) is 0 Å². The summed E-state index contributed by atoms with van der Waals surface area (Å²) in [5, 5.41) is 3.59. The third-order valence-electron chi connectivity index (χ3n) is 1.67. The van der Waals surface area contributed by atoms with Crippen LogP contribution in [0.4, 0.5) is 0 Å². The summed E-state index contributed by atoms with van der Waals surface area (Å²) in [7, 11) is 0. The molecule has 2 aromatic rings. The lowest BCUT2D eigenvalue weighted by Crippen LogP contribution is -1.63. The minimum Gasteiger partial charge on any atom is -0.147 e. The molecule has 0 aliphatic carbocycles. The maximum Gasteiger partial charge on any atom is 0.0345 e. The lowest BCUT2D eigenvalue weighted by molar-refractivity contribution is 1.60. The standard InChI is InChI=1S/C9H8S.ClH/c1-7-6-10-9-5-3-2-4-8(7)9;/h2-6H,1H3;1H. The van der Waals surface area contributed by atoms with Crippen molar-refractivity contribution in [3.8, 4) is 0 Å². The number of aryl methyl sites for hydroxylation is 1. The van der Waals surface area contributed by atoms with Crippen molar-refractivity contribution in [3.05, 3.63) is 35.2 Å². The Morgan fingerprint density at radius 2 is 1.91 bits per heavy atom. The summed E-state index contributed by atoms with van der Waals surface area (Å²) in [6.07, 6.45) is 0. The third kappa shape index (κ3) is 1.39. The summed E-state index contributed by atoms with van der Waals surface area (Å²) in [6, 6.07) is 8.49. The van der Waals surface area contributed by atoms with Gasteiger partial charge in [0.05, 0.1) is 0 Å². The van der Waals surface area contributed by atoms with E-state index < -0.39 is 0 Å². The zero-order valence-electron chi connectivity index (χ0n) is 6.20. The Labute approximate surface area is 76.3 Å². The van der Waals surface area contributed by atoms with Crippen molar-refractivity contribution < 1.29 is 0 Å². The average molecular weight is 185 g/mol. The number of hydrogen-bond acceptors (Lipinski definition) is 1. The lowest BCUT2D eigenvalue weighted by atomic mass is 10.2. The molecular weight excluding hydrogens is 176 g/mol. The van der Waals surface area contributed by atoms with E-state index >= 15 is 0 Å². The van der Waals surface area contributed by atoms with E-state index in [4.69, 9.17) is 0 Å². The molecule has 0 nitrogen and oxygen atoms in total. The molecule has 58 valence electrons. The molecule has 0 atom stereocenters. The van der Waals surface area contributed by atoms with Crippen LogP contribution in [-0.2, 0) is 0 Å². The van der Waals surface area contributed by atoms with Crippen molar-refractivity contribution >= 4 is 33.8 Å². The first kappa shape index (κ1) is 8.57. The monoisotopic (exact) mass is 184 g/mol. The van der Waals surface area contributed by atoms with Crippen LogP contribution in [0.15, 0.2) is 29.6 Å². The first-order valence-electron chi connectivity index (χ1n) is 3.31. The molecular formula is C9H9ClS. The van der Waals surface area contributed by atoms with Gasteiger partial charge in [-0.2, -0.15) is 0 Å². The molecule has 1 heterocycles. The number of benzene rings is 1. The van der Waals surface area contributed by atoms with Crippen LogP contribution in [0.5, 0.6) is 0 Å². The Hall–Kier alpha value is -0.530. The van der Waals surface area contributed by atoms with Gasteiger partial charge in [0.15, 0.2) is 0 Å². The van der Waals surface area contributed by atoms with E-state index in [-0.39, 0.29) is 12.4 Å². The van der Waals surface area contributed by atoms with Gasteiger partial charge in [0.1, 0.15) is 0 Å². The SMILES string of the molecule is Cc1csc2ccccc12.Cl. The zero-order valence-corrected chi connectivity index (χ0v) is 7.84. The van der Waals surface area contributed by atoms with Gasteiger partial charge >= 0.3 is 0 Å². The molecule has 1 aromatic carbocycles. The van der Waals surface area contributed by atoms with E-state index in [0.29, 0.717) is 0 Å². The second-order valence-electron chi connectivity index (χ2n) is 2.41. The molecule has 0 bridgehead atoms. The Morgan fingerprint density at radius 3 is 2.64 bits per heavy atom. The van der Waals surface area contributed by atoms with Gasteiger partial charge in [-0.3, -0.25) is 0 Å². The van der Waals surface area contributed by atoms with Gasteiger partial charge in [0, 0.05) is 4.70 Å². The summed E-state index contributed by atoms with van der Waals surface area (Å²) in [4.78, 5) is 0. The van der Waals surface area contributed by atoms with E-state index in [1.807, 2.05) is 11.3 Å². The molecule has 0 spiro atoms. The first-order chi connectivity index (χ1) is 4.88. The first-order valence-corrected chi connectivity index (χ1v) is 4.19. The maximum absolute atomic E-state index is 2.20. The van der Waals surface area contributed by atoms with E-state index in [0.717, 1.165) is 0 Å². The van der Waals surface area contributed by atoms with Crippen LogP contribution in [0.1, 0.15) is 5.56 Å². The highest BCUT2D eigenvalue weighted by molar-refractivity contribution is 7.17. The topological polar surface area (TPSA) is 0 Å². The Morgan fingerprint density at radius 1 is 1.18 bits per heavy atom. The molecule has 0 unspecified atom stereocenters. The van der Waals surface area contributed by atoms with Crippen LogP contribution in [-0.4, -0.2) is 0 Å². The van der Waals surface area contributed by atoms with Crippen molar-refractivity contribution in [3.63, 3.8) is 0 Å². The summed E-state index contributed by atoms with van der Waals surface area (Å²) < 4.78 is 1.39. The molecule has 0 aliphatic rings. The molecule has 0 aliphatic heterocycles. The zero-order chi connectivity index (χ0) is 6.97. The average Bonchev–Trinajstić information content (AvgIpc) is 2.34. The summed E-state index contributed by atoms with van der Waals surface area (Å²) in [5.74, 6) is 0. The largest absolute Gasteiger partial charge is 0.147 e. The summed E-state index contributed by atoms with van der Waals surface area (Å²) in [5.41, 5.74) is 1.39. The van der Waals surface area contributed by atoms with Gasteiger partial charge < -0.3 is 0 Å². The van der Waals surface area contributed by atoms with E-state index in [1.165, 1.54) is 15.6 Å². The maximum atomic E-state index is 2.20. The number of thiophene rings is 1. The van der Waals surface area contributed by atoms with Gasteiger partial charge in [-0.05, 0) is 29.3 Å². The van der Waals surface area contributed by atoms with Crippen molar-refractivity contribution in [1.82, 2.24) is 0 Å². The number of hydrogen-bond donors (Lipinski definition) is 0. The van der Waals surface area contributed by atoms with Crippen molar-refractivity contribution in [2.75, 3.05) is 0 Å². The normalized spacial score (nSPS) is 9.55. The predicted octanol–water partition coefficient (Wildman–Crippen LogP) is 3.63. The fraction of sp³-hybridized carbons (Fsp3) is 0.111. The predicted molar refractivity (Wildman–Crippen MR) is 53.8 cm³/mol. The minimum atomic E-state index is 0. The van der Waals surface area contributed by atoms with Gasteiger partial charge in [-0.15, -0.1) is 23.7 Å². The number of fused-ring (bicyclic) bond motifs is 1. The van der Waals surface area contributed by atoms with Crippen LogP contribution < -0.4 is 0 Å². The van der Waals surface area contributed by atoms with Crippen molar-refractivity contribution in [1.29, 1.82) is 0 Å². The summed E-state index contributed by atoms with van der Waals surface area (Å²) in [6.45, 7) is 2.15. The second-order valence-corrected chi connectivity index (χ2v) is 3.33. The van der Waals surface area contributed by atoms with Crippen LogP contribution in [0.25, 0.3) is 10.1 Å². The molecule has 11 heavy (non-hydrogen) atoms. The van der Waals surface area contributed by atoms with Crippen LogP contribution in [0, 0.1) is 6.92 Å². The minimum absolute atomic E-state index is 0. The Balaban J connectivity index is 0.000000605. The van der Waals surface area contributed by atoms with Crippen molar-refractivity contribution in [2.24, 2.45) is 0 Å². The molecule has 2 rings (SSSR count). The summed E-state index contributed by atoms with van der Waals surface area (Å²) >= 11 is 1.81. The van der Waals surface area contributed by atoms with Crippen LogP contribution >= 0.6 is 23.7 Å². The molecule has 0 N–H and O–H groups in total. The van der Waals surface area contributed by atoms with E-state index in [9.17, 15) is 0 Å². The van der Waals surface area contributed by atoms with E-state index in [2.05, 4.69) is 36.6 Å². The van der Waals surface area contributed by atoms with E-state index in [1.54, 1.807) is 0 Å².